The van der Waals surface area contributed by atoms with Crippen molar-refractivity contribution >= 4 is 23.4 Å². The van der Waals surface area contributed by atoms with Gasteiger partial charge in [-0.25, -0.2) is 9.78 Å². The number of hydrogen-bond acceptors (Lipinski definition) is 3. The predicted molar refractivity (Wildman–Crippen MR) is 41.6 cm³/mol. The number of nitrogens with one attached hydrogen (secondary N) is 1. The first-order valence-electron chi connectivity index (χ1n) is 2.53. The molecular weight excluding hydrogens is 172 g/mol. The summed E-state index contributed by atoms with van der Waals surface area (Å²) in [6.07, 6.45) is 3.31. The van der Waals surface area contributed by atoms with Crippen LogP contribution in [0.5, 0.6) is 0 Å². The number of nitrogens with zero attached hydrogens (tertiary/aromatic N) is 1. The molecule has 0 aliphatic heterocycles. The van der Waals surface area contributed by atoms with Gasteiger partial charge >= 0.3 is 5.69 Å². The quantitative estimate of drug-likeness (QED) is 0.516. The lowest BCUT2D eigenvalue weighted by Crippen LogP contribution is -2.09. The molecule has 0 aliphatic rings. The molecule has 3 nitrogen and oxygen atoms in total. The van der Waals surface area contributed by atoms with Gasteiger partial charge in [0.15, 0.2) is 0 Å². The molecule has 0 aliphatic carbocycles. The summed E-state index contributed by atoms with van der Waals surface area (Å²) >= 11 is 7.05. The van der Waals surface area contributed by atoms with Gasteiger partial charge in [0.05, 0.1) is 4.90 Å². The second kappa shape index (κ2) is 3.07. The number of halogens is 1. The van der Waals surface area contributed by atoms with Gasteiger partial charge in [-0.15, -0.1) is 11.8 Å². The van der Waals surface area contributed by atoms with Gasteiger partial charge in [0.2, 0.25) is 0 Å². The average molecular weight is 177 g/mol. The molecule has 1 aromatic heterocycles. The van der Waals surface area contributed by atoms with Gasteiger partial charge in [-0.3, -0.25) is 4.98 Å². The van der Waals surface area contributed by atoms with Crippen molar-refractivity contribution in [2.75, 3.05) is 6.26 Å². The van der Waals surface area contributed by atoms with E-state index in [0.717, 1.165) is 4.90 Å². The Balaban J connectivity index is 3.19. The minimum atomic E-state index is -0.414. The Kier molecular flexibility index (Phi) is 2.34. The second-order valence-electron chi connectivity index (χ2n) is 1.57. The first kappa shape index (κ1) is 7.63. The number of hydrogen-bond donors (Lipinski definition) is 1. The molecule has 0 aromatic carbocycles. The summed E-state index contributed by atoms with van der Waals surface area (Å²) in [5, 5.41) is 0.354. The van der Waals surface area contributed by atoms with E-state index in [4.69, 9.17) is 11.6 Å². The zero-order valence-corrected chi connectivity index (χ0v) is 6.79. The number of thioether (sulfide) groups is 1. The molecule has 0 spiro atoms. The normalized spacial score (nSPS) is 9.80. The van der Waals surface area contributed by atoms with Crippen LogP contribution in [0.4, 0.5) is 0 Å². The number of aromatic amines is 1. The molecule has 0 saturated heterocycles. The second-order valence-corrected chi connectivity index (χ2v) is 2.80. The first-order chi connectivity index (χ1) is 4.74. The SMILES string of the molecule is CSc1cnc(=O)[nH]c1Cl. The van der Waals surface area contributed by atoms with Crippen LogP contribution in [0.2, 0.25) is 5.15 Å². The molecule has 10 heavy (non-hydrogen) atoms. The molecule has 54 valence electrons. The molecule has 5 heteroatoms. The maximum Gasteiger partial charge on any atom is 0.346 e. The van der Waals surface area contributed by atoms with Crippen LogP contribution in [0.15, 0.2) is 15.9 Å². The fraction of sp³-hybridized carbons (Fsp3) is 0.200. The highest BCUT2D eigenvalue weighted by Crippen LogP contribution is 2.19. The van der Waals surface area contributed by atoms with Crippen LogP contribution < -0.4 is 5.69 Å². The zero-order chi connectivity index (χ0) is 7.56. The van der Waals surface area contributed by atoms with E-state index in [1.807, 2.05) is 6.26 Å². The molecule has 1 heterocycles. The molecule has 0 atom stereocenters. The van der Waals surface area contributed by atoms with Crippen molar-refractivity contribution < 1.29 is 0 Å². The third-order valence-electron chi connectivity index (χ3n) is 0.952. The van der Waals surface area contributed by atoms with Gasteiger partial charge < -0.3 is 0 Å². The Hall–Kier alpha value is -0.480. The molecule has 0 bridgehead atoms. The van der Waals surface area contributed by atoms with E-state index in [1.54, 1.807) is 0 Å². The molecule has 0 amide bonds. The van der Waals surface area contributed by atoms with E-state index in [9.17, 15) is 4.79 Å². The molecule has 1 N–H and O–H groups in total. The predicted octanol–water partition coefficient (Wildman–Crippen LogP) is 1.15. The Morgan fingerprint density at radius 1 is 1.80 bits per heavy atom. The van der Waals surface area contributed by atoms with Crippen molar-refractivity contribution in [3.63, 3.8) is 0 Å². The molecule has 0 fully saturated rings. The highest BCUT2D eigenvalue weighted by atomic mass is 35.5. The Labute approximate surface area is 66.8 Å². The Bertz CT molecular complexity index is 285. The molecular formula is C5H5ClN2OS. The van der Waals surface area contributed by atoms with Crippen LogP contribution in [-0.4, -0.2) is 16.2 Å². The van der Waals surface area contributed by atoms with E-state index in [-0.39, 0.29) is 0 Å². The monoisotopic (exact) mass is 176 g/mol. The third-order valence-corrected chi connectivity index (χ3v) is 2.11. The summed E-state index contributed by atoms with van der Waals surface area (Å²) in [6.45, 7) is 0. The van der Waals surface area contributed by atoms with Crippen LogP contribution in [0.3, 0.4) is 0 Å². The van der Waals surface area contributed by atoms with Crippen molar-refractivity contribution in [1.29, 1.82) is 0 Å². The maximum atomic E-state index is 10.5. The van der Waals surface area contributed by atoms with Crippen molar-refractivity contribution in [1.82, 2.24) is 9.97 Å². The molecule has 0 radical (unpaired) electrons. The van der Waals surface area contributed by atoms with Gasteiger partial charge in [-0.05, 0) is 6.26 Å². The van der Waals surface area contributed by atoms with Gasteiger partial charge in [-0.1, -0.05) is 11.6 Å². The summed E-state index contributed by atoms with van der Waals surface area (Å²) in [4.78, 5) is 17.1. The fourth-order valence-corrected chi connectivity index (χ4v) is 1.25. The third kappa shape index (κ3) is 1.52. The molecule has 0 unspecified atom stereocenters. The zero-order valence-electron chi connectivity index (χ0n) is 5.22. The standard InChI is InChI=1S/C5H5ClN2OS/c1-10-3-2-7-5(9)8-4(3)6/h2H,1H3,(H,7,8,9). The van der Waals surface area contributed by atoms with E-state index in [2.05, 4.69) is 9.97 Å². The summed E-state index contributed by atoms with van der Waals surface area (Å²) < 4.78 is 0. The average Bonchev–Trinajstić information content (AvgIpc) is 1.88. The van der Waals surface area contributed by atoms with E-state index >= 15 is 0 Å². The van der Waals surface area contributed by atoms with E-state index in [0.29, 0.717) is 5.15 Å². The Morgan fingerprint density at radius 2 is 2.50 bits per heavy atom. The molecule has 0 saturated carbocycles. The smallest absolute Gasteiger partial charge is 0.295 e. The van der Waals surface area contributed by atoms with Gasteiger partial charge in [0, 0.05) is 6.20 Å². The summed E-state index contributed by atoms with van der Waals surface area (Å²) in [7, 11) is 0. The van der Waals surface area contributed by atoms with Crippen molar-refractivity contribution in [3.8, 4) is 0 Å². The highest BCUT2D eigenvalue weighted by molar-refractivity contribution is 7.98. The van der Waals surface area contributed by atoms with Crippen LogP contribution >= 0.6 is 23.4 Å². The van der Waals surface area contributed by atoms with Crippen LogP contribution in [0.1, 0.15) is 0 Å². The fourth-order valence-electron chi connectivity index (χ4n) is 0.504. The summed E-state index contributed by atoms with van der Waals surface area (Å²) in [5.74, 6) is 0. The van der Waals surface area contributed by atoms with Crippen molar-refractivity contribution in [3.05, 3.63) is 21.8 Å². The van der Waals surface area contributed by atoms with E-state index < -0.39 is 5.69 Å². The van der Waals surface area contributed by atoms with Crippen molar-refractivity contribution in [2.24, 2.45) is 0 Å². The largest absolute Gasteiger partial charge is 0.346 e. The van der Waals surface area contributed by atoms with Crippen LogP contribution in [0, 0.1) is 0 Å². The minimum absolute atomic E-state index is 0.354. The molecule has 1 rings (SSSR count). The van der Waals surface area contributed by atoms with Gasteiger partial charge in [0.25, 0.3) is 0 Å². The number of aromatic nitrogens is 2. The Morgan fingerprint density at radius 3 is 3.00 bits per heavy atom. The van der Waals surface area contributed by atoms with E-state index in [1.165, 1.54) is 18.0 Å². The van der Waals surface area contributed by atoms with Crippen LogP contribution in [0.25, 0.3) is 0 Å². The van der Waals surface area contributed by atoms with Gasteiger partial charge in [-0.2, -0.15) is 0 Å². The highest BCUT2D eigenvalue weighted by Gasteiger charge is 1.97. The lowest BCUT2D eigenvalue weighted by molar-refractivity contribution is 1.03. The summed E-state index contributed by atoms with van der Waals surface area (Å²) in [6, 6.07) is 0. The lowest BCUT2D eigenvalue weighted by Gasteiger charge is -1.94. The number of rotatable bonds is 1. The van der Waals surface area contributed by atoms with Crippen molar-refractivity contribution in [2.45, 2.75) is 4.90 Å². The minimum Gasteiger partial charge on any atom is -0.295 e. The topological polar surface area (TPSA) is 45.8 Å². The van der Waals surface area contributed by atoms with Crippen LogP contribution in [-0.2, 0) is 0 Å². The lowest BCUT2D eigenvalue weighted by atomic mass is 10.7. The number of H-pyrrole nitrogens is 1. The summed E-state index contributed by atoms with van der Waals surface area (Å²) in [5.41, 5.74) is -0.414. The maximum absolute atomic E-state index is 10.5. The van der Waals surface area contributed by atoms with Gasteiger partial charge in [0.1, 0.15) is 5.15 Å². The first-order valence-corrected chi connectivity index (χ1v) is 4.13. The molecule has 1 aromatic rings.